The third-order valence-corrected chi connectivity index (χ3v) is 3.56. The molecule has 1 aromatic carbocycles. The molecule has 1 aromatic heterocycles. The number of hydrogen-bond acceptors (Lipinski definition) is 2. The molecule has 0 radical (unpaired) electrons. The number of benzene rings is 1. The maximum absolute atomic E-state index is 13.4. The molecule has 17 heavy (non-hydrogen) atoms. The first-order valence-corrected chi connectivity index (χ1v) is 6.38. The van der Waals surface area contributed by atoms with Crippen LogP contribution in [0.1, 0.15) is 21.6 Å². The van der Waals surface area contributed by atoms with Gasteiger partial charge in [-0.1, -0.05) is 12.1 Å². The van der Waals surface area contributed by atoms with Crippen LogP contribution < -0.4 is 0 Å². The molecule has 1 heterocycles. The van der Waals surface area contributed by atoms with Gasteiger partial charge < -0.3 is 0 Å². The summed E-state index contributed by atoms with van der Waals surface area (Å²) in [5.41, 5.74) is 0.980. The SMILES string of the molecule is Cc1nc(C(Cl)Cc2cccc(F)c2F)cs1. The lowest BCUT2D eigenvalue weighted by molar-refractivity contribution is 0.498. The number of nitrogens with zero attached hydrogens (tertiary/aromatic N) is 1. The lowest BCUT2D eigenvalue weighted by atomic mass is 10.1. The summed E-state index contributed by atoms with van der Waals surface area (Å²) in [6.45, 7) is 1.88. The number of hydrogen-bond donors (Lipinski definition) is 0. The summed E-state index contributed by atoms with van der Waals surface area (Å²) in [5.74, 6) is -1.68. The fraction of sp³-hybridized carbons (Fsp3) is 0.250. The molecule has 0 aliphatic carbocycles. The van der Waals surface area contributed by atoms with Gasteiger partial charge >= 0.3 is 0 Å². The Balaban J connectivity index is 2.18. The van der Waals surface area contributed by atoms with Gasteiger partial charge in [-0.05, 0) is 25.0 Å². The predicted molar refractivity (Wildman–Crippen MR) is 65.5 cm³/mol. The van der Waals surface area contributed by atoms with E-state index in [9.17, 15) is 8.78 Å². The van der Waals surface area contributed by atoms with Crippen molar-refractivity contribution in [3.63, 3.8) is 0 Å². The zero-order valence-electron chi connectivity index (χ0n) is 9.08. The molecular weight excluding hydrogens is 264 g/mol. The zero-order valence-corrected chi connectivity index (χ0v) is 10.7. The third-order valence-electron chi connectivity index (χ3n) is 2.39. The summed E-state index contributed by atoms with van der Waals surface area (Å²) in [6.07, 6.45) is 0.230. The fourth-order valence-corrected chi connectivity index (χ4v) is 2.55. The first kappa shape index (κ1) is 12.5. The largest absolute Gasteiger partial charge is 0.245 e. The normalized spacial score (nSPS) is 12.7. The lowest BCUT2D eigenvalue weighted by Gasteiger charge is -2.08. The number of alkyl halides is 1. The van der Waals surface area contributed by atoms with Gasteiger partial charge in [0.05, 0.1) is 16.1 Å². The molecule has 0 aliphatic rings. The van der Waals surface area contributed by atoms with Gasteiger partial charge in [-0.15, -0.1) is 22.9 Å². The lowest BCUT2D eigenvalue weighted by Crippen LogP contribution is -2.00. The second-order valence-corrected chi connectivity index (χ2v) is 5.27. The Labute approximate surface area is 107 Å². The van der Waals surface area contributed by atoms with Crippen LogP contribution in [0.25, 0.3) is 0 Å². The molecule has 1 unspecified atom stereocenters. The van der Waals surface area contributed by atoms with Crippen molar-refractivity contribution < 1.29 is 8.78 Å². The molecule has 0 amide bonds. The van der Waals surface area contributed by atoms with Crippen LogP contribution >= 0.6 is 22.9 Å². The van der Waals surface area contributed by atoms with E-state index in [-0.39, 0.29) is 12.0 Å². The van der Waals surface area contributed by atoms with Gasteiger partial charge in [-0.2, -0.15) is 0 Å². The van der Waals surface area contributed by atoms with Gasteiger partial charge in [-0.3, -0.25) is 0 Å². The minimum absolute atomic E-state index is 0.230. The van der Waals surface area contributed by atoms with Crippen molar-refractivity contribution in [1.82, 2.24) is 4.98 Å². The summed E-state index contributed by atoms with van der Waals surface area (Å²) in [6, 6.07) is 4.10. The van der Waals surface area contributed by atoms with Gasteiger partial charge in [-0.25, -0.2) is 13.8 Å². The van der Waals surface area contributed by atoms with Crippen molar-refractivity contribution in [2.24, 2.45) is 0 Å². The van der Waals surface area contributed by atoms with Crippen LogP contribution in [-0.2, 0) is 6.42 Å². The highest BCUT2D eigenvalue weighted by molar-refractivity contribution is 7.09. The van der Waals surface area contributed by atoms with Crippen LogP contribution in [0, 0.1) is 18.6 Å². The van der Waals surface area contributed by atoms with E-state index in [0.717, 1.165) is 11.1 Å². The highest BCUT2D eigenvalue weighted by atomic mass is 35.5. The first-order chi connectivity index (χ1) is 8.08. The molecule has 5 heteroatoms. The summed E-state index contributed by atoms with van der Waals surface area (Å²) in [4.78, 5) is 4.23. The number of aryl methyl sites for hydroxylation is 1. The average Bonchev–Trinajstić information content (AvgIpc) is 2.72. The Morgan fingerprint density at radius 3 is 2.82 bits per heavy atom. The first-order valence-electron chi connectivity index (χ1n) is 5.07. The standard InChI is InChI=1S/C12H10ClF2NS/c1-7-16-11(6-17-7)9(13)5-8-3-2-4-10(14)12(8)15/h2-4,6,9H,5H2,1H3. The molecule has 0 saturated carbocycles. The second kappa shape index (κ2) is 5.10. The van der Waals surface area contributed by atoms with E-state index in [1.807, 2.05) is 12.3 Å². The molecule has 0 spiro atoms. The molecule has 1 atom stereocenters. The number of halogens is 3. The number of aromatic nitrogens is 1. The molecule has 90 valence electrons. The van der Waals surface area contributed by atoms with Crippen LogP contribution in [0.15, 0.2) is 23.6 Å². The molecule has 0 fully saturated rings. The summed E-state index contributed by atoms with van der Waals surface area (Å²) in [5, 5.41) is 2.31. The van der Waals surface area contributed by atoms with E-state index in [4.69, 9.17) is 11.6 Å². The average molecular weight is 274 g/mol. The van der Waals surface area contributed by atoms with E-state index in [0.29, 0.717) is 5.69 Å². The number of rotatable bonds is 3. The predicted octanol–water partition coefficient (Wildman–Crippen LogP) is 4.25. The molecule has 0 saturated heterocycles. The summed E-state index contributed by atoms with van der Waals surface area (Å²) in [7, 11) is 0. The van der Waals surface area contributed by atoms with Crippen molar-refractivity contribution >= 4 is 22.9 Å². The Bertz CT molecular complexity index is 527. The molecule has 2 rings (SSSR count). The number of thiazole rings is 1. The molecule has 1 nitrogen and oxygen atoms in total. The Kier molecular flexibility index (Phi) is 3.74. The maximum atomic E-state index is 13.4. The van der Waals surface area contributed by atoms with Gasteiger partial charge in [0.15, 0.2) is 11.6 Å². The minimum Gasteiger partial charge on any atom is -0.245 e. The van der Waals surface area contributed by atoms with Crippen molar-refractivity contribution in [2.45, 2.75) is 18.7 Å². The van der Waals surface area contributed by atoms with Crippen LogP contribution in [0.3, 0.4) is 0 Å². The quantitative estimate of drug-likeness (QED) is 0.762. The summed E-state index contributed by atoms with van der Waals surface area (Å²) < 4.78 is 26.4. The van der Waals surface area contributed by atoms with E-state index < -0.39 is 17.0 Å². The molecule has 0 N–H and O–H groups in total. The van der Waals surface area contributed by atoms with Gasteiger partial charge in [0.25, 0.3) is 0 Å². The highest BCUT2D eigenvalue weighted by Crippen LogP contribution is 2.27. The molecule has 0 bridgehead atoms. The Morgan fingerprint density at radius 1 is 1.41 bits per heavy atom. The topological polar surface area (TPSA) is 12.9 Å². The second-order valence-electron chi connectivity index (χ2n) is 3.68. The zero-order chi connectivity index (χ0) is 12.4. The Hall–Kier alpha value is -1.00. The Morgan fingerprint density at radius 2 is 2.18 bits per heavy atom. The third kappa shape index (κ3) is 2.82. The molecular formula is C12H10ClF2NS. The van der Waals surface area contributed by atoms with E-state index in [1.54, 1.807) is 0 Å². The van der Waals surface area contributed by atoms with Crippen LogP contribution in [0.4, 0.5) is 8.78 Å². The van der Waals surface area contributed by atoms with Gasteiger partial charge in [0.2, 0.25) is 0 Å². The van der Waals surface area contributed by atoms with Gasteiger partial charge in [0, 0.05) is 5.38 Å². The molecule has 0 aliphatic heterocycles. The van der Waals surface area contributed by atoms with Crippen molar-refractivity contribution in [2.75, 3.05) is 0 Å². The van der Waals surface area contributed by atoms with Crippen molar-refractivity contribution in [1.29, 1.82) is 0 Å². The van der Waals surface area contributed by atoms with Crippen LogP contribution in [0.5, 0.6) is 0 Å². The fourth-order valence-electron chi connectivity index (χ4n) is 1.53. The van der Waals surface area contributed by atoms with Gasteiger partial charge in [0.1, 0.15) is 0 Å². The minimum atomic E-state index is -0.846. The van der Waals surface area contributed by atoms with Crippen molar-refractivity contribution in [3.05, 3.63) is 51.5 Å². The van der Waals surface area contributed by atoms with Crippen LogP contribution in [-0.4, -0.2) is 4.98 Å². The highest BCUT2D eigenvalue weighted by Gasteiger charge is 2.16. The van der Waals surface area contributed by atoms with E-state index >= 15 is 0 Å². The summed E-state index contributed by atoms with van der Waals surface area (Å²) >= 11 is 7.62. The maximum Gasteiger partial charge on any atom is 0.162 e. The smallest absolute Gasteiger partial charge is 0.162 e. The van der Waals surface area contributed by atoms with E-state index in [1.165, 1.54) is 23.5 Å². The monoisotopic (exact) mass is 273 g/mol. The molecule has 2 aromatic rings. The van der Waals surface area contributed by atoms with Crippen molar-refractivity contribution in [3.8, 4) is 0 Å². The van der Waals surface area contributed by atoms with Crippen LogP contribution in [0.2, 0.25) is 0 Å². The van der Waals surface area contributed by atoms with E-state index in [2.05, 4.69) is 4.98 Å².